The molecular formula is C17H22N2O5. The molecule has 0 atom stereocenters. The van der Waals surface area contributed by atoms with Gasteiger partial charge in [-0.3, -0.25) is 14.9 Å². The third-order valence-electron chi connectivity index (χ3n) is 4.68. The first-order valence-corrected chi connectivity index (χ1v) is 8.10. The van der Waals surface area contributed by atoms with Gasteiger partial charge in [0.15, 0.2) is 0 Å². The summed E-state index contributed by atoms with van der Waals surface area (Å²) in [5.74, 6) is -0.851. The molecule has 130 valence electrons. The normalized spacial score (nSPS) is 23.5. The third kappa shape index (κ3) is 4.31. The number of carbonyl (C=O) groups is 2. The number of carboxylic acid groups (broad SMARTS) is 1. The van der Waals surface area contributed by atoms with Gasteiger partial charge in [-0.25, -0.2) is 4.79 Å². The second-order valence-electron chi connectivity index (χ2n) is 6.54. The predicted molar refractivity (Wildman–Crippen MR) is 87.6 cm³/mol. The molecule has 1 aliphatic rings. The maximum absolute atomic E-state index is 12.2. The van der Waals surface area contributed by atoms with Crippen molar-refractivity contribution in [2.75, 3.05) is 0 Å². The molecule has 24 heavy (non-hydrogen) atoms. The van der Waals surface area contributed by atoms with Crippen molar-refractivity contribution in [1.82, 2.24) is 5.32 Å². The Labute approximate surface area is 140 Å². The van der Waals surface area contributed by atoms with Crippen molar-refractivity contribution >= 4 is 17.6 Å². The van der Waals surface area contributed by atoms with E-state index in [9.17, 15) is 24.8 Å². The molecule has 0 spiro atoms. The molecular weight excluding hydrogens is 312 g/mol. The van der Waals surface area contributed by atoms with Crippen LogP contribution in [0.25, 0.3) is 0 Å². The highest BCUT2D eigenvalue weighted by Gasteiger charge is 2.42. The van der Waals surface area contributed by atoms with Crippen LogP contribution in [0, 0.1) is 16.0 Å². The van der Waals surface area contributed by atoms with Crippen LogP contribution in [0.5, 0.6) is 0 Å². The zero-order valence-electron chi connectivity index (χ0n) is 13.7. The number of nitrogens with zero attached hydrogens (tertiary/aromatic N) is 1. The summed E-state index contributed by atoms with van der Waals surface area (Å²) < 4.78 is 0. The molecule has 0 heterocycles. The van der Waals surface area contributed by atoms with Gasteiger partial charge in [0.25, 0.3) is 5.69 Å². The number of nitro groups is 1. The van der Waals surface area contributed by atoms with Gasteiger partial charge < -0.3 is 10.4 Å². The number of nitro benzene ring substituents is 1. The van der Waals surface area contributed by atoms with Crippen LogP contribution in [0.4, 0.5) is 5.69 Å². The molecule has 0 bridgehead atoms. The fourth-order valence-corrected chi connectivity index (χ4v) is 3.06. The van der Waals surface area contributed by atoms with Gasteiger partial charge in [0.1, 0.15) is 5.54 Å². The van der Waals surface area contributed by atoms with Gasteiger partial charge in [-0.1, -0.05) is 19.1 Å². The number of aryl methyl sites for hydroxylation is 1. The van der Waals surface area contributed by atoms with Gasteiger partial charge in [-0.15, -0.1) is 0 Å². The number of benzene rings is 1. The maximum Gasteiger partial charge on any atom is 0.329 e. The van der Waals surface area contributed by atoms with Crippen LogP contribution in [0.3, 0.4) is 0 Å². The van der Waals surface area contributed by atoms with Crippen LogP contribution in [0.1, 0.15) is 44.6 Å². The Balaban J connectivity index is 1.95. The van der Waals surface area contributed by atoms with Gasteiger partial charge in [-0.2, -0.15) is 0 Å². The van der Waals surface area contributed by atoms with Crippen molar-refractivity contribution in [3.63, 3.8) is 0 Å². The molecule has 1 fully saturated rings. The zero-order valence-corrected chi connectivity index (χ0v) is 13.7. The molecule has 0 aliphatic heterocycles. The summed E-state index contributed by atoms with van der Waals surface area (Å²) in [4.78, 5) is 34.1. The summed E-state index contributed by atoms with van der Waals surface area (Å²) in [6, 6.07) is 6.12. The number of nitrogens with one attached hydrogen (secondary N) is 1. The molecule has 1 aliphatic carbocycles. The predicted octanol–water partition coefficient (Wildman–Crippen LogP) is 2.68. The fraction of sp³-hybridized carbons (Fsp3) is 0.529. The molecule has 0 unspecified atom stereocenters. The van der Waals surface area contributed by atoms with Gasteiger partial charge in [0.05, 0.1) is 4.92 Å². The van der Waals surface area contributed by atoms with Gasteiger partial charge in [0, 0.05) is 18.6 Å². The quantitative estimate of drug-likeness (QED) is 0.614. The first-order valence-electron chi connectivity index (χ1n) is 8.10. The Kier molecular flexibility index (Phi) is 5.54. The lowest BCUT2D eigenvalue weighted by molar-refractivity contribution is -0.384. The van der Waals surface area contributed by atoms with E-state index in [2.05, 4.69) is 12.2 Å². The Hall–Kier alpha value is -2.44. The van der Waals surface area contributed by atoms with E-state index in [1.165, 1.54) is 12.1 Å². The average molecular weight is 334 g/mol. The number of carboxylic acids is 1. The Bertz CT molecular complexity index is 636. The molecule has 0 saturated heterocycles. The van der Waals surface area contributed by atoms with Crippen LogP contribution in [-0.4, -0.2) is 27.4 Å². The van der Waals surface area contributed by atoms with Gasteiger partial charge in [0.2, 0.25) is 5.91 Å². The van der Waals surface area contributed by atoms with E-state index >= 15 is 0 Å². The lowest BCUT2D eigenvalue weighted by atomic mass is 9.77. The fourth-order valence-electron chi connectivity index (χ4n) is 3.06. The van der Waals surface area contributed by atoms with Crippen molar-refractivity contribution < 1.29 is 19.6 Å². The second kappa shape index (κ2) is 7.42. The maximum atomic E-state index is 12.2. The van der Waals surface area contributed by atoms with Crippen molar-refractivity contribution in [3.05, 3.63) is 39.9 Å². The number of amides is 1. The lowest BCUT2D eigenvalue weighted by Gasteiger charge is -2.36. The van der Waals surface area contributed by atoms with E-state index in [1.54, 1.807) is 12.1 Å². The summed E-state index contributed by atoms with van der Waals surface area (Å²) in [6.07, 6.45) is 2.86. The van der Waals surface area contributed by atoms with Gasteiger partial charge in [-0.05, 0) is 43.6 Å². The van der Waals surface area contributed by atoms with Crippen molar-refractivity contribution in [2.24, 2.45) is 5.92 Å². The van der Waals surface area contributed by atoms with Crippen molar-refractivity contribution in [3.8, 4) is 0 Å². The summed E-state index contributed by atoms with van der Waals surface area (Å²) in [6.45, 7) is 2.08. The molecule has 1 aromatic carbocycles. The molecule has 2 N–H and O–H groups in total. The zero-order chi connectivity index (χ0) is 17.7. The second-order valence-corrected chi connectivity index (χ2v) is 6.54. The lowest BCUT2D eigenvalue weighted by Crippen LogP contribution is -2.56. The number of aliphatic carboxylic acids is 1. The monoisotopic (exact) mass is 334 g/mol. The number of carbonyl (C=O) groups excluding carboxylic acids is 1. The van der Waals surface area contributed by atoms with Crippen molar-refractivity contribution in [1.29, 1.82) is 0 Å². The number of non-ortho nitro benzene ring substituents is 1. The molecule has 0 aromatic heterocycles. The molecule has 1 saturated carbocycles. The van der Waals surface area contributed by atoms with E-state index in [0.29, 0.717) is 30.7 Å². The smallest absolute Gasteiger partial charge is 0.329 e. The van der Waals surface area contributed by atoms with Crippen LogP contribution < -0.4 is 5.32 Å². The van der Waals surface area contributed by atoms with Crippen molar-refractivity contribution in [2.45, 2.75) is 51.0 Å². The summed E-state index contributed by atoms with van der Waals surface area (Å²) in [7, 11) is 0. The Morgan fingerprint density at radius 2 is 2.04 bits per heavy atom. The molecule has 7 heteroatoms. The standard InChI is InChI=1S/C17H22N2O5/c1-12-7-9-17(10-8-12,16(21)22)18-15(20)6-5-13-3-2-4-14(11-13)19(23)24/h2-4,11-12H,5-10H2,1H3,(H,18,20)(H,21,22). The number of rotatable bonds is 6. The highest BCUT2D eigenvalue weighted by molar-refractivity contribution is 5.87. The minimum atomic E-state index is -1.17. The Morgan fingerprint density at radius 1 is 1.38 bits per heavy atom. The molecule has 7 nitrogen and oxygen atoms in total. The SMILES string of the molecule is CC1CCC(NC(=O)CCc2cccc([N+](=O)[O-])c2)(C(=O)O)CC1. The van der Waals surface area contributed by atoms with Gasteiger partial charge >= 0.3 is 5.97 Å². The van der Waals surface area contributed by atoms with Crippen LogP contribution in [0.2, 0.25) is 0 Å². The molecule has 0 radical (unpaired) electrons. The molecule has 1 aromatic rings. The summed E-state index contributed by atoms with van der Waals surface area (Å²) in [5, 5.41) is 23.0. The minimum absolute atomic E-state index is 0.0174. The van der Waals surface area contributed by atoms with E-state index in [1.807, 2.05) is 0 Å². The van der Waals surface area contributed by atoms with Crippen LogP contribution in [-0.2, 0) is 16.0 Å². The number of hydrogen-bond acceptors (Lipinski definition) is 4. The van der Waals surface area contributed by atoms with E-state index in [0.717, 1.165) is 12.8 Å². The molecule has 2 rings (SSSR count). The molecule has 1 amide bonds. The highest BCUT2D eigenvalue weighted by atomic mass is 16.6. The van der Waals surface area contributed by atoms with E-state index in [4.69, 9.17) is 0 Å². The first kappa shape index (κ1) is 17.9. The third-order valence-corrected chi connectivity index (χ3v) is 4.68. The van der Waals surface area contributed by atoms with E-state index in [-0.39, 0.29) is 18.0 Å². The Morgan fingerprint density at radius 3 is 2.62 bits per heavy atom. The number of hydrogen-bond donors (Lipinski definition) is 2. The highest BCUT2D eigenvalue weighted by Crippen LogP contribution is 2.32. The summed E-state index contributed by atoms with van der Waals surface area (Å²) >= 11 is 0. The van der Waals surface area contributed by atoms with Crippen LogP contribution >= 0.6 is 0 Å². The largest absolute Gasteiger partial charge is 0.480 e. The van der Waals surface area contributed by atoms with E-state index < -0.39 is 16.4 Å². The minimum Gasteiger partial charge on any atom is -0.480 e. The van der Waals surface area contributed by atoms with Crippen LogP contribution in [0.15, 0.2) is 24.3 Å². The average Bonchev–Trinajstić information content (AvgIpc) is 2.55. The topological polar surface area (TPSA) is 110 Å². The summed E-state index contributed by atoms with van der Waals surface area (Å²) in [5.41, 5.74) is -0.510. The first-order chi connectivity index (χ1) is 11.3.